The molecule has 4 atom stereocenters. The van der Waals surface area contributed by atoms with Gasteiger partial charge in [-0.2, -0.15) is 0 Å². The quantitative estimate of drug-likeness (QED) is 0.597. The highest BCUT2D eigenvalue weighted by Crippen LogP contribution is 2.31. The number of hydrogen-bond acceptors (Lipinski definition) is 6. The number of carbonyl (C=O) groups excluding carboxylic acids is 5. The molecular weight excluding hydrogens is 342 g/mol. The standard InChI is InChI=1S/C17H20N3O6/c1-9(16(18)24)2-3-13(23)19-6-4-10-14(19)12(22)8-20(10)17(25)15-11(21)5-7-26-15/h3,5,7,9-10,14-15H,2,4,6,8H2,1H3,(H2,18,24). The Kier molecular flexibility index (Phi) is 4.80. The molecule has 0 spiro atoms. The fraction of sp³-hybridized carbons (Fsp3) is 0.529. The molecule has 0 aliphatic carbocycles. The van der Waals surface area contributed by atoms with Crippen molar-refractivity contribution in [3.8, 4) is 0 Å². The fourth-order valence-electron chi connectivity index (χ4n) is 3.54. The number of likely N-dealkylation sites (tertiary alicyclic amines) is 2. The molecule has 0 aromatic rings. The van der Waals surface area contributed by atoms with Gasteiger partial charge in [-0.05, 0) is 12.8 Å². The average Bonchev–Trinajstić information content (AvgIpc) is 3.28. The van der Waals surface area contributed by atoms with E-state index in [4.69, 9.17) is 10.5 Å². The van der Waals surface area contributed by atoms with E-state index in [9.17, 15) is 24.0 Å². The highest BCUT2D eigenvalue weighted by Gasteiger charge is 2.53. The minimum Gasteiger partial charge on any atom is -0.480 e. The minimum absolute atomic E-state index is 0.150. The van der Waals surface area contributed by atoms with E-state index in [-0.39, 0.29) is 24.7 Å². The van der Waals surface area contributed by atoms with Crippen LogP contribution in [0.2, 0.25) is 0 Å². The van der Waals surface area contributed by atoms with Crippen molar-refractivity contribution in [3.63, 3.8) is 0 Å². The van der Waals surface area contributed by atoms with Crippen LogP contribution in [0.4, 0.5) is 0 Å². The fourth-order valence-corrected chi connectivity index (χ4v) is 3.54. The van der Waals surface area contributed by atoms with Gasteiger partial charge in [-0.1, -0.05) is 6.92 Å². The number of nitrogens with zero attached hydrogens (tertiary/aromatic N) is 2. The number of ketones is 2. The zero-order valence-corrected chi connectivity index (χ0v) is 14.3. The van der Waals surface area contributed by atoms with Crippen LogP contribution in [0.1, 0.15) is 19.8 Å². The van der Waals surface area contributed by atoms with Crippen LogP contribution in [0.5, 0.6) is 0 Å². The smallest absolute Gasteiger partial charge is 0.272 e. The lowest BCUT2D eigenvalue weighted by Gasteiger charge is -2.25. The summed E-state index contributed by atoms with van der Waals surface area (Å²) in [5.41, 5.74) is 5.18. The van der Waals surface area contributed by atoms with E-state index in [1.54, 1.807) is 6.92 Å². The molecule has 9 heteroatoms. The van der Waals surface area contributed by atoms with Gasteiger partial charge < -0.3 is 20.3 Å². The Morgan fingerprint density at radius 1 is 1.35 bits per heavy atom. The predicted octanol–water partition coefficient (Wildman–Crippen LogP) is -1.44. The molecule has 0 bridgehead atoms. The molecule has 2 N–H and O–H groups in total. The van der Waals surface area contributed by atoms with Crippen molar-refractivity contribution >= 4 is 29.3 Å². The molecule has 3 rings (SSSR count). The third-order valence-electron chi connectivity index (χ3n) is 5.05. The van der Waals surface area contributed by atoms with Crippen LogP contribution >= 0.6 is 0 Å². The molecule has 0 aromatic heterocycles. The van der Waals surface area contributed by atoms with Gasteiger partial charge in [-0.25, -0.2) is 0 Å². The van der Waals surface area contributed by atoms with Gasteiger partial charge in [-0.3, -0.25) is 24.0 Å². The summed E-state index contributed by atoms with van der Waals surface area (Å²) < 4.78 is 5.02. The first-order valence-electron chi connectivity index (χ1n) is 8.43. The number of fused-ring (bicyclic) bond motifs is 1. The summed E-state index contributed by atoms with van der Waals surface area (Å²) in [4.78, 5) is 62.9. The van der Waals surface area contributed by atoms with E-state index in [0.29, 0.717) is 13.0 Å². The van der Waals surface area contributed by atoms with Crippen LogP contribution in [-0.4, -0.2) is 70.4 Å². The predicted molar refractivity (Wildman–Crippen MR) is 86.9 cm³/mol. The number of rotatable bonds is 5. The number of Topliss-reactive ketones (excluding diaryl/α,β-unsaturated/α-hetero) is 1. The molecule has 9 nitrogen and oxygen atoms in total. The lowest BCUT2D eigenvalue weighted by molar-refractivity contribution is -0.145. The van der Waals surface area contributed by atoms with E-state index in [1.165, 1.54) is 28.6 Å². The first-order valence-corrected chi connectivity index (χ1v) is 8.43. The number of ether oxygens (including phenoxy) is 1. The lowest BCUT2D eigenvalue weighted by atomic mass is 10.0. The third-order valence-corrected chi connectivity index (χ3v) is 5.05. The Balaban J connectivity index is 1.65. The minimum atomic E-state index is -1.24. The van der Waals surface area contributed by atoms with Gasteiger partial charge in [0.15, 0.2) is 5.78 Å². The average molecular weight is 362 g/mol. The third kappa shape index (κ3) is 3.09. The number of amides is 3. The highest BCUT2D eigenvalue weighted by molar-refractivity contribution is 6.12. The Morgan fingerprint density at radius 2 is 2.08 bits per heavy atom. The van der Waals surface area contributed by atoms with Crippen molar-refractivity contribution in [2.75, 3.05) is 13.1 Å². The molecule has 2 saturated heterocycles. The highest BCUT2D eigenvalue weighted by atomic mass is 16.5. The van der Waals surface area contributed by atoms with Crippen molar-refractivity contribution in [3.05, 3.63) is 18.8 Å². The van der Waals surface area contributed by atoms with Crippen LogP contribution in [0, 0.1) is 12.3 Å². The molecule has 3 aliphatic rings. The number of nitrogens with two attached hydrogens (primary N) is 1. The zero-order valence-electron chi connectivity index (χ0n) is 14.3. The molecule has 2 fully saturated rings. The van der Waals surface area contributed by atoms with Crippen LogP contribution in [0.15, 0.2) is 12.3 Å². The summed E-state index contributed by atoms with van der Waals surface area (Å²) in [6.07, 6.45) is 3.09. The van der Waals surface area contributed by atoms with Crippen LogP contribution in [0.25, 0.3) is 0 Å². The van der Waals surface area contributed by atoms with Crippen molar-refractivity contribution in [1.29, 1.82) is 0 Å². The zero-order chi connectivity index (χ0) is 19.0. The van der Waals surface area contributed by atoms with Gasteiger partial charge in [0.25, 0.3) is 5.91 Å². The molecule has 139 valence electrons. The molecule has 26 heavy (non-hydrogen) atoms. The van der Waals surface area contributed by atoms with Gasteiger partial charge in [0.2, 0.25) is 23.7 Å². The van der Waals surface area contributed by atoms with Crippen molar-refractivity contribution < 1.29 is 28.7 Å². The first kappa shape index (κ1) is 18.1. The lowest BCUT2D eigenvalue weighted by Crippen LogP contribution is -2.47. The van der Waals surface area contributed by atoms with Crippen molar-refractivity contribution in [1.82, 2.24) is 9.80 Å². The second kappa shape index (κ2) is 6.89. The number of primary amides is 1. The van der Waals surface area contributed by atoms with Crippen LogP contribution in [0.3, 0.4) is 0 Å². The molecule has 1 radical (unpaired) electrons. The van der Waals surface area contributed by atoms with Gasteiger partial charge in [-0.15, -0.1) is 0 Å². The monoisotopic (exact) mass is 362 g/mol. The Labute approximate surface area is 150 Å². The summed E-state index contributed by atoms with van der Waals surface area (Å²) in [6.45, 7) is 1.79. The maximum atomic E-state index is 12.5. The van der Waals surface area contributed by atoms with E-state index >= 15 is 0 Å². The molecule has 3 amide bonds. The van der Waals surface area contributed by atoms with Crippen LogP contribution in [-0.2, 0) is 28.7 Å². The topological polar surface area (TPSA) is 127 Å². The molecule has 4 unspecified atom stereocenters. The normalized spacial score (nSPS) is 28.3. The summed E-state index contributed by atoms with van der Waals surface area (Å²) in [6, 6.07) is -1.19. The molecule has 0 aromatic carbocycles. The number of carbonyl (C=O) groups is 5. The maximum absolute atomic E-state index is 12.5. The van der Waals surface area contributed by atoms with E-state index in [2.05, 4.69) is 0 Å². The van der Waals surface area contributed by atoms with Crippen LogP contribution < -0.4 is 5.73 Å². The van der Waals surface area contributed by atoms with Gasteiger partial charge in [0.05, 0.1) is 25.3 Å². The molecule has 3 heterocycles. The van der Waals surface area contributed by atoms with Crippen molar-refractivity contribution in [2.45, 2.75) is 38.0 Å². The second-order valence-electron chi connectivity index (χ2n) is 6.73. The first-order chi connectivity index (χ1) is 12.3. The number of hydrogen-bond donors (Lipinski definition) is 1. The molecule has 3 aliphatic heterocycles. The van der Waals surface area contributed by atoms with E-state index in [1.807, 2.05) is 0 Å². The van der Waals surface area contributed by atoms with Gasteiger partial charge in [0.1, 0.15) is 6.04 Å². The Hall–Kier alpha value is -2.71. The largest absolute Gasteiger partial charge is 0.480 e. The molecule has 0 saturated carbocycles. The summed E-state index contributed by atoms with van der Waals surface area (Å²) in [5, 5.41) is 0. The second-order valence-corrected chi connectivity index (χ2v) is 6.73. The van der Waals surface area contributed by atoms with Crippen molar-refractivity contribution in [2.24, 2.45) is 11.7 Å². The summed E-state index contributed by atoms with van der Waals surface area (Å²) in [7, 11) is 0. The SMILES string of the molecule is CC(C[CH]C(=O)N1CCC2C1C(=O)CN2C(=O)C1OC=CC1=O)C(N)=O. The Morgan fingerprint density at radius 3 is 2.69 bits per heavy atom. The maximum Gasteiger partial charge on any atom is 0.272 e. The van der Waals surface area contributed by atoms with Gasteiger partial charge in [0, 0.05) is 18.5 Å². The van der Waals surface area contributed by atoms with E-state index in [0.717, 1.165) is 0 Å². The van der Waals surface area contributed by atoms with Gasteiger partial charge >= 0.3 is 0 Å². The molecular formula is C17H20N3O6. The summed E-state index contributed by atoms with van der Waals surface area (Å²) >= 11 is 0. The van der Waals surface area contributed by atoms with E-state index < -0.39 is 41.7 Å². The Bertz CT molecular complexity index is 703. The summed E-state index contributed by atoms with van der Waals surface area (Å²) in [5.74, 6) is -2.59.